The van der Waals surface area contributed by atoms with Crippen molar-refractivity contribution in [2.45, 2.75) is 39.3 Å². The molecule has 0 saturated carbocycles. The van der Waals surface area contributed by atoms with Crippen molar-refractivity contribution in [1.82, 2.24) is 15.5 Å². The number of halogens is 1. The number of benzene rings is 1. The maximum atomic E-state index is 5.53. The Hall–Kier alpha value is -1.06. The third-order valence-corrected chi connectivity index (χ3v) is 4.25. The number of ether oxygens (including phenoxy) is 2. The zero-order chi connectivity index (χ0) is 19.0. The molecule has 1 fully saturated rings. The minimum atomic E-state index is -0.0322. The Morgan fingerprint density at radius 1 is 1.22 bits per heavy atom. The van der Waals surface area contributed by atoms with Crippen LogP contribution in [0.5, 0.6) is 5.75 Å². The van der Waals surface area contributed by atoms with Gasteiger partial charge in [0.05, 0.1) is 32.9 Å². The van der Waals surface area contributed by atoms with Gasteiger partial charge in [0, 0.05) is 25.2 Å². The summed E-state index contributed by atoms with van der Waals surface area (Å²) in [5.74, 6) is 1.73. The molecule has 0 radical (unpaired) electrons. The van der Waals surface area contributed by atoms with Crippen molar-refractivity contribution in [2.24, 2.45) is 4.99 Å². The lowest BCUT2D eigenvalue weighted by Crippen LogP contribution is -2.48. The van der Waals surface area contributed by atoms with Crippen molar-refractivity contribution in [1.29, 1.82) is 0 Å². The molecule has 7 heteroatoms. The van der Waals surface area contributed by atoms with Gasteiger partial charge in [-0.25, -0.2) is 0 Å². The molecule has 1 aliphatic rings. The van der Waals surface area contributed by atoms with Crippen LogP contribution in [0.25, 0.3) is 0 Å². The summed E-state index contributed by atoms with van der Waals surface area (Å²) in [6.45, 7) is 13.4. The van der Waals surface area contributed by atoms with Crippen LogP contribution in [0.15, 0.2) is 29.3 Å². The predicted molar refractivity (Wildman–Crippen MR) is 122 cm³/mol. The standard InChI is InChI=1S/C20H34N4O2.HI/c1-6-21-19(23-20(2,3)4)22-15-18(24-11-13-26-14-12-24)16-7-9-17(25-5)10-8-16;/h7-10,18H,6,11-15H2,1-5H3,(H2,21,22,23);1H. The van der Waals surface area contributed by atoms with E-state index in [0.29, 0.717) is 6.54 Å². The Kier molecular flexibility index (Phi) is 10.4. The van der Waals surface area contributed by atoms with E-state index in [9.17, 15) is 0 Å². The Bertz CT molecular complexity index is 566. The summed E-state index contributed by atoms with van der Waals surface area (Å²) in [6.07, 6.45) is 0. The first-order chi connectivity index (χ1) is 12.4. The van der Waals surface area contributed by atoms with E-state index in [-0.39, 0.29) is 35.6 Å². The van der Waals surface area contributed by atoms with E-state index < -0.39 is 0 Å². The number of morpholine rings is 1. The van der Waals surface area contributed by atoms with Gasteiger partial charge in [0.15, 0.2) is 5.96 Å². The number of methoxy groups -OCH3 is 1. The predicted octanol–water partition coefficient (Wildman–Crippen LogP) is 3.04. The molecule has 154 valence electrons. The van der Waals surface area contributed by atoms with Crippen LogP contribution in [0.3, 0.4) is 0 Å². The Balaban J connectivity index is 0.00000364. The van der Waals surface area contributed by atoms with Crippen LogP contribution >= 0.6 is 24.0 Å². The summed E-state index contributed by atoms with van der Waals surface area (Å²) < 4.78 is 10.8. The molecule has 1 aromatic rings. The third kappa shape index (κ3) is 8.23. The number of aliphatic imine (C=N–C) groups is 1. The largest absolute Gasteiger partial charge is 0.497 e. The first-order valence-corrected chi connectivity index (χ1v) is 9.45. The molecule has 6 nitrogen and oxygen atoms in total. The Morgan fingerprint density at radius 3 is 2.37 bits per heavy atom. The molecule has 2 N–H and O–H groups in total. The highest BCUT2D eigenvalue weighted by Crippen LogP contribution is 2.24. The summed E-state index contributed by atoms with van der Waals surface area (Å²) >= 11 is 0. The zero-order valence-electron chi connectivity index (χ0n) is 17.2. The number of rotatable bonds is 6. The first kappa shape index (κ1) is 24.0. The highest BCUT2D eigenvalue weighted by Gasteiger charge is 2.23. The van der Waals surface area contributed by atoms with Crippen molar-refractivity contribution >= 4 is 29.9 Å². The van der Waals surface area contributed by atoms with Gasteiger partial charge in [-0.2, -0.15) is 0 Å². The summed E-state index contributed by atoms with van der Waals surface area (Å²) in [4.78, 5) is 7.33. The summed E-state index contributed by atoms with van der Waals surface area (Å²) in [5.41, 5.74) is 1.22. The number of hydrogen-bond donors (Lipinski definition) is 2. The normalized spacial score (nSPS) is 17.0. The second-order valence-corrected chi connectivity index (χ2v) is 7.53. The lowest BCUT2D eigenvalue weighted by Gasteiger charge is -2.34. The average molecular weight is 490 g/mol. The first-order valence-electron chi connectivity index (χ1n) is 9.45. The van der Waals surface area contributed by atoms with Crippen LogP contribution in [0.2, 0.25) is 0 Å². The van der Waals surface area contributed by atoms with Gasteiger partial charge in [0.1, 0.15) is 5.75 Å². The van der Waals surface area contributed by atoms with Crippen molar-refractivity contribution in [3.63, 3.8) is 0 Å². The summed E-state index contributed by atoms with van der Waals surface area (Å²) in [5, 5.41) is 6.80. The maximum Gasteiger partial charge on any atom is 0.191 e. The van der Waals surface area contributed by atoms with Crippen molar-refractivity contribution in [2.75, 3.05) is 46.5 Å². The van der Waals surface area contributed by atoms with Gasteiger partial charge in [0.25, 0.3) is 0 Å². The second kappa shape index (κ2) is 11.7. The zero-order valence-corrected chi connectivity index (χ0v) is 19.6. The lowest BCUT2D eigenvalue weighted by atomic mass is 10.0. The fraction of sp³-hybridized carbons (Fsp3) is 0.650. The number of nitrogens with zero attached hydrogens (tertiary/aromatic N) is 2. The topological polar surface area (TPSA) is 58.1 Å². The fourth-order valence-electron chi connectivity index (χ4n) is 2.99. The SMILES string of the molecule is CCNC(=NCC(c1ccc(OC)cc1)N1CCOCC1)NC(C)(C)C.I. The van der Waals surface area contributed by atoms with E-state index in [2.05, 4.69) is 55.4 Å². The lowest BCUT2D eigenvalue weighted by molar-refractivity contribution is 0.0179. The Morgan fingerprint density at radius 2 is 1.85 bits per heavy atom. The van der Waals surface area contributed by atoms with Gasteiger partial charge >= 0.3 is 0 Å². The molecular weight excluding hydrogens is 455 g/mol. The van der Waals surface area contributed by atoms with E-state index in [4.69, 9.17) is 14.5 Å². The molecular formula is C20H35IN4O2. The molecule has 1 atom stereocenters. The van der Waals surface area contributed by atoms with Gasteiger partial charge in [-0.05, 0) is 45.4 Å². The highest BCUT2D eigenvalue weighted by molar-refractivity contribution is 14.0. The summed E-state index contributed by atoms with van der Waals surface area (Å²) in [7, 11) is 1.69. The molecule has 0 bridgehead atoms. The maximum absolute atomic E-state index is 5.53. The van der Waals surface area contributed by atoms with Crippen LogP contribution in [-0.4, -0.2) is 62.9 Å². The van der Waals surface area contributed by atoms with E-state index in [1.54, 1.807) is 7.11 Å². The molecule has 27 heavy (non-hydrogen) atoms. The molecule has 1 heterocycles. The minimum Gasteiger partial charge on any atom is -0.497 e. The van der Waals surface area contributed by atoms with Crippen LogP contribution in [0.1, 0.15) is 39.3 Å². The number of hydrogen-bond acceptors (Lipinski definition) is 4. The van der Waals surface area contributed by atoms with Gasteiger partial charge in [-0.15, -0.1) is 24.0 Å². The third-order valence-electron chi connectivity index (χ3n) is 4.25. The fourth-order valence-corrected chi connectivity index (χ4v) is 2.99. The van der Waals surface area contributed by atoms with Crippen LogP contribution < -0.4 is 15.4 Å². The molecule has 1 saturated heterocycles. The van der Waals surface area contributed by atoms with Gasteiger partial charge in [0.2, 0.25) is 0 Å². The monoisotopic (exact) mass is 490 g/mol. The van der Waals surface area contributed by atoms with Crippen LogP contribution in [0, 0.1) is 0 Å². The van der Waals surface area contributed by atoms with Gasteiger partial charge in [-0.3, -0.25) is 9.89 Å². The quantitative estimate of drug-likeness (QED) is 0.365. The summed E-state index contributed by atoms with van der Waals surface area (Å²) in [6, 6.07) is 8.54. The Labute approximate surface area is 181 Å². The minimum absolute atomic E-state index is 0. The molecule has 1 aliphatic heterocycles. The number of guanidine groups is 1. The van der Waals surface area contributed by atoms with E-state index in [1.807, 2.05) is 12.1 Å². The van der Waals surface area contributed by atoms with Crippen LogP contribution in [-0.2, 0) is 4.74 Å². The van der Waals surface area contributed by atoms with Crippen molar-refractivity contribution in [3.05, 3.63) is 29.8 Å². The molecule has 0 amide bonds. The smallest absolute Gasteiger partial charge is 0.191 e. The highest BCUT2D eigenvalue weighted by atomic mass is 127. The average Bonchev–Trinajstić information content (AvgIpc) is 2.62. The van der Waals surface area contributed by atoms with Gasteiger partial charge in [-0.1, -0.05) is 12.1 Å². The van der Waals surface area contributed by atoms with E-state index in [0.717, 1.165) is 44.6 Å². The molecule has 1 unspecified atom stereocenters. The van der Waals surface area contributed by atoms with E-state index in [1.165, 1.54) is 5.56 Å². The molecule has 2 rings (SSSR count). The number of nitrogens with one attached hydrogen (secondary N) is 2. The molecule has 0 spiro atoms. The molecule has 0 aliphatic carbocycles. The van der Waals surface area contributed by atoms with Crippen LogP contribution in [0.4, 0.5) is 0 Å². The molecule has 0 aromatic heterocycles. The van der Waals surface area contributed by atoms with Crippen molar-refractivity contribution < 1.29 is 9.47 Å². The second-order valence-electron chi connectivity index (χ2n) is 7.53. The van der Waals surface area contributed by atoms with Gasteiger partial charge < -0.3 is 20.1 Å². The van der Waals surface area contributed by atoms with Crippen molar-refractivity contribution in [3.8, 4) is 5.75 Å². The van der Waals surface area contributed by atoms with E-state index >= 15 is 0 Å². The molecule has 1 aromatic carbocycles.